The van der Waals surface area contributed by atoms with Gasteiger partial charge in [-0.2, -0.15) is 4.31 Å². The van der Waals surface area contributed by atoms with E-state index in [1.165, 1.54) is 41.8 Å². The average Bonchev–Trinajstić information content (AvgIpc) is 2.79. The largest absolute Gasteiger partial charge is 0.354 e. The zero-order valence-corrected chi connectivity index (χ0v) is 20.0. The molecule has 0 unspecified atom stereocenters. The minimum absolute atomic E-state index is 0.0465. The number of rotatable bonds is 7. The molecule has 0 aliphatic carbocycles. The standard InChI is InChI=1S/C22H31N3O6S/c1-15-8-10-25(11-9-15)32(28,29)16-6-7-19-17(12-16)21(26)18(13-23(19)2)22(27)24(3)14-20(30-4)31-5/h6-7,12-13,15,20H,8-11,14H2,1-5H3. The van der Waals surface area contributed by atoms with Crippen molar-refractivity contribution in [2.24, 2.45) is 13.0 Å². The topological polar surface area (TPSA) is 98.1 Å². The molecule has 1 fully saturated rings. The summed E-state index contributed by atoms with van der Waals surface area (Å²) in [5, 5.41) is 0.188. The average molecular weight is 466 g/mol. The van der Waals surface area contributed by atoms with Crippen LogP contribution in [-0.2, 0) is 26.5 Å². The number of amides is 1. The second-order valence-corrected chi connectivity index (χ2v) is 10.3. The first-order valence-corrected chi connectivity index (χ1v) is 12.0. The highest BCUT2D eigenvalue weighted by atomic mass is 32.2. The molecule has 1 saturated heterocycles. The molecule has 0 N–H and O–H groups in total. The Labute approximate surface area is 188 Å². The molecule has 9 nitrogen and oxygen atoms in total. The van der Waals surface area contributed by atoms with Gasteiger partial charge in [-0.25, -0.2) is 8.42 Å². The van der Waals surface area contributed by atoms with Crippen LogP contribution >= 0.6 is 0 Å². The van der Waals surface area contributed by atoms with Crippen LogP contribution in [0.5, 0.6) is 0 Å². The third-order valence-electron chi connectivity index (χ3n) is 6.07. The first kappa shape index (κ1) is 24.4. The van der Waals surface area contributed by atoms with Crippen LogP contribution in [0.2, 0.25) is 0 Å². The van der Waals surface area contributed by atoms with E-state index < -0.39 is 27.6 Å². The number of hydrogen-bond donors (Lipinski definition) is 0. The van der Waals surface area contributed by atoms with Crippen LogP contribution in [0.1, 0.15) is 30.1 Å². The lowest BCUT2D eigenvalue weighted by atomic mass is 10.0. The molecule has 1 aromatic carbocycles. The van der Waals surface area contributed by atoms with E-state index in [0.29, 0.717) is 24.5 Å². The van der Waals surface area contributed by atoms with Crippen molar-refractivity contribution >= 4 is 26.8 Å². The molecule has 0 radical (unpaired) electrons. The predicted molar refractivity (Wildman–Crippen MR) is 121 cm³/mol. The SMILES string of the molecule is COC(CN(C)C(=O)c1cn(C)c2ccc(S(=O)(=O)N3CCC(C)CC3)cc2c1=O)OC. The summed E-state index contributed by atoms with van der Waals surface area (Å²) in [5.74, 6) is -0.00315. The maximum absolute atomic E-state index is 13.2. The van der Waals surface area contributed by atoms with Crippen LogP contribution in [-0.4, -0.2) is 75.3 Å². The Morgan fingerprint density at radius 3 is 2.44 bits per heavy atom. The number of aryl methyl sites for hydroxylation is 1. The van der Waals surface area contributed by atoms with E-state index in [-0.39, 0.29) is 22.4 Å². The molecule has 0 spiro atoms. The lowest BCUT2D eigenvalue weighted by molar-refractivity contribution is -0.110. The monoisotopic (exact) mass is 465 g/mol. The van der Waals surface area contributed by atoms with Gasteiger partial charge in [-0.05, 0) is 37.0 Å². The predicted octanol–water partition coefficient (Wildman–Crippen LogP) is 1.65. The van der Waals surface area contributed by atoms with Crippen molar-refractivity contribution in [3.63, 3.8) is 0 Å². The summed E-state index contributed by atoms with van der Waals surface area (Å²) in [6, 6.07) is 4.51. The minimum atomic E-state index is -3.72. The number of methoxy groups -OCH3 is 2. The van der Waals surface area contributed by atoms with E-state index in [4.69, 9.17) is 9.47 Å². The number of aromatic nitrogens is 1. The molecule has 0 bridgehead atoms. The number of carbonyl (C=O) groups is 1. The Morgan fingerprint density at radius 1 is 1.22 bits per heavy atom. The summed E-state index contributed by atoms with van der Waals surface area (Å²) in [6.45, 7) is 3.17. The van der Waals surface area contributed by atoms with Crippen molar-refractivity contribution in [3.8, 4) is 0 Å². The van der Waals surface area contributed by atoms with E-state index in [9.17, 15) is 18.0 Å². The molecule has 1 aliphatic rings. The van der Waals surface area contributed by atoms with E-state index in [2.05, 4.69) is 6.92 Å². The van der Waals surface area contributed by atoms with Gasteiger partial charge < -0.3 is 18.9 Å². The Bertz CT molecular complexity index is 1150. The molecule has 32 heavy (non-hydrogen) atoms. The second kappa shape index (κ2) is 9.70. The molecule has 0 atom stereocenters. The van der Waals surface area contributed by atoms with Gasteiger partial charge in [0, 0.05) is 53.0 Å². The number of hydrogen-bond acceptors (Lipinski definition) is 6. The van der Waals surface area contributed by atoms with Crippen LogP contribution in [0.15, 0.2) is 34.1 Å². The van der Waals surface area contributed by atoms with Crippen LogP contribution in [0.25, 0.3) is 10.9 Å². The summed E-state index contributed by atoms with van der Waals surface area (Å²) in [4.78, 5) is 27.6. The van der Waals surface area contributed by atoms with Crippen molar-refractivity contribution in [2.75, 3.05) is 40.9 Å². The van der Waals surface area contributed by atoms with Gasteiger partial charge in [0.15, 0.2) is 6.29 Å². The molecule has 2 heterocycles. The Balaban J connectivity index is 2.01. The second-order valence-electron chi connectivity index (χ2n) is 8.34. The maximum Gasteiger partial charge on any atom is 0.259 e. The van der Waals surface area contributed by atoms with Gasteiger partial charge in [0.05, 0.1) is 17.0 Å². The molecule has 1 aromatic heterocycles. The molecule has 10 heteroatoms. The van der Waals surface area contributed by atoms with E-state index >= 15 is 0 Å². The number of piperidine rings is 1. The molecular weight excluding hydrogens is 434 g/mol. The minimum Gasteiger partial charge on any atom is -0.354 e. The molecular formula is C22H31N3O6S. The van der Waals surface area contributed by atoms with Gasteiger partial charge in [-0.3, -0.25) is 9.59 Å². The molecule has 3 rings (SSSR count). The normalized spacial score (nSPS) is 16.1. The highest BCUT2D eigenvalue weighted by Crippen LogP contribution is 2.25. The molecule has 0 saturated carbocycles. The van der Waals surface area contributed by atoms with Gasteiger partial charge in [0.25, 0.3) is 5.91 Å². The third kappa shape index (κ3) is 4.73. The lowest BCUT2D eigenvalue weighted by Crippen LogP contribution is -2.38. The number of nitrogens with zero attached hydrogens (tertiary/aromatic N) is 3. The van der Waals surface area contributed by atoms with Gasteiger partial charge in [0.1, 0.15) is 5.56 Å². The number of ether oxygens (including phenoxy) is 2. The number of sulfonamides is 1. The van der Waals surface area contributed by atoms with Crippen LogP contribution in [0.3, 0.4) is 0 Å². The summed E-state index contributed by atoms with van der Waals surface area (Å²) >= 11 is 0. The van der Waals surface area contributed by atoms with Crippen LogP contribution in [0, 0.1) is 5.92 Å². The maximum atomic E-state index is 13.2. The van der Waals surface area contributed by atoms with Gasteiger partial charge in [-0.1, -0.05) is 6.92 Å². The number of carbonyl (C=O) groups excluding carboxylic acids is 1. The number of benzene rings is 1. The zero-order valence-electron chi connectivity index (χ0n) is 19.2. The smallest absolute Gasteiger partial charge is 0.259 e. The quantitative estimate of drug-likeness (QED) is 0.577. The van der Waals surface area contributed by atoms with E-state index in [1.807, 2.05) is 0 Å². The number of likely N-dealkylation sites (N-methyl/N-ethyl adjacent to an activating group) is 1. The fraction of sp³-hybridized carbons (Fsp3) is 0.545. The van der Waals surface area contributed by atoms with Gasteiger partial charge >= 0.3 is 0 Å². The van der Waals surface area contributed by atoms with Crippen molar-refractivity contribution in [1.82, 2.24) is 13.8 Å². The summed E-state index contributed by atoms with van der Waals surface area (Å²) in [7, 11) is 2.47. The highest BCUT2D eigenvalue weighted by molar-refractivity contribution is 7.89. The lowest BCUT2D eigenvalue weighted by Gasteiger charge is -2.29. The Kier molecular flexibility index (Phi) is 7.39. The van der Waals surface area contributed by atoms with Crippen molar-refractivity contribution in [2.45, 2.75) is 31.0 Å². The first-order valence-electron chi connectivity index (χ1n) is 10.5. The molecule has 1 aliphatic heterocycles. The van der Waals surface area contributed by atoms with Crippen molar-refractivity contribution in [1.29, 1.82) is 0 Å². The van der Waals surface area contributed by atoms with Crippen molar-refractivity contribution in [3.05, 3.63) is 40.2 Å². The number of pyridine rings is 1. The van der Waals surface area contributed by atoms with Crippen molar-refractivity contribution < 1.29 is 22.7 Å². The number of fused-ring (bicyclic) bond motifs is 1. The fourth-order valence-corrected chi connectivity index (χ4v) is 5.41. The molecule has 1 amide bonds. The third-order valence-corrected chi connectivity index (χ3v) is 7.96. The van der Waals surface area contributed by atoms with E-state index in [1.54, 1.807) is 24.7 Å². The Morgan fingerprint density at radius 2 is 1.84 bits per heavy atom. The highest BCUT2D eigenvalue weighted by Gasteiger charge is 2.29. The zero-order chi connectivity index (χ0) is 23.6. The fourth-order valence-electron chi connectivity index (χ4n) is 3.92. The Hall–Kier alpha value is -2.27. The van der Waals surface area contributed by atoms with Gasteiger partial charge in [0.2, 0.25) is 15.5 Å². The van der Waals surface area contributed by atoms with Gasteiger partial charge in [-0.15, -0.1) is 0 Å². The first-order chi connectivity index (χ1) is 15.1. The summed E-state index contributed by atoms with van der Waals surface area (Å²) < 4.78 is 39.7. The van der Waals surface area contributed by atoms with Crippen LogP contribution < -0.4 is 5.43 Å². The van der Waals surface area contributed by atoms with E-state index in [0.717, 1.165) is 12.8 Å². The summed E-state index contributed by atoms with van der Waals surface area (Å²) in [6.07, 6.45) is 2.46. The summed E-state index contributed by atoms with van der Waals surface area (Å²) in [5.41, 5.74) is -0.00692. The van der Waals surface area contributed by atoms with Crippen LogP contribution in [0.4, 0.5) is 0 Å². The molecule has 2 aromatic rings. The molecule has 176 valence electrons.